The average molecular weight is 246 g/mol. The number of nitrogens with zero attached hydrogens (tertiary/aromatic N) is 3. The zero-order chi connectivity index (χ0) is 13.4. The first-order valence-electron chi connectivity index (χ1n) is 6.04. The molecule has 5 heteroatoms. The van der Waals surface area contributed by atoms with E-state index in [0.717, 1.165) is 0 Å². The van der Waals surface area contributed by atoms with Crippen LogP contribution in [-0.2, 0) is 0 Å². The summed E-state index contributed by atoms with van der Waals surface area (Å²) < 4.78 is 0. The molecule has 1 aromatic carbocycles. The van der Waals surface area contributed by atoms with Gasteiger partial charge in [0.15, 0.2) is 0 Å². The summed E-state index contributed by atoms with van der Waals surface area (Å²) >= 11 is 0. The number of amides is 1. The summed E-state index contributed by atoms with van der Waals surface area (Å²) in [6.45, 7) is 5.16. The lowest BCUT2D eigenvalue weighted by atomic mass is 10.0. The van der Waals surface area contributed by atoms with Crippen LogP contribution in [0.1, 0.15) is 42.1 Å². The Morgan fingerprint density at radius 2 is 2.06 bits per heavy atom. The molecular formula is C13H18N4O. The molecule has 0 aliphatic carbocycles. The van der Waals surface area contributed by atoms with Crippen LogP contribution >= 0.6 is 0 Å². The summed E-state index contributed by atoms with van der Waals surface area (Å²) in [5.41, 5.74) is 9.97. The predicted octanol–water partition coefficient (Wildman–Crippen LogP) is 3.24. The van der Waals surface area contributed by atoms with E-state index in [1.54, 1.807) is 0 Å². The zero-order valence-electron chi connectivity index (χ0n) is 10.8. The van der Waals surface area contributed by atoms with Gasteiger partial charge in [-0.3, -0.25) is 4.79 Å². The largest absolute Gasteiger partial charge is 0.352 e. The monoisotopic (exact) mass is 246 g/mol. The quantitative estimate of drug-likeness (QED) is 0.355. The van der Waals surface area contributed by atoms with E-state index in [9.17, 15) is 4.79 Å². The van der Waals surface area contributed by atoms with Gasteiger partial charge < -0.3 is 5.32 Å². The Hall–Kier alpha value is -2.00. The van der Waals surface area contributed by atoms with Crippen molar-refractivity contribution in [2.75, 3.05) is 13.1 Å². The van der Waals surface area contributed by atoms with Crippen molar-refractivity contribution < 1.29 is 4.79 Å². The Labute approximate surface area is 107 Å². The summed E-state index contributed by atoms with van der Waals surface area (Å²) in [6.07, 6.45) is 0.653. The van der Waals surface area contributed by atoms with Crippen LogP contribution in [0.2, 0.25) is 0 Å². The summed E-state index contributed by atoms with van der Waals surface area (Å²) in [7, 11) is 0. The van der Waals surface area contributed by atoms with E-state index in [4.69, 9.17) is 5.53 Å². The maximum absolute atomic E-state index is 11.7. The molecule has 0 radical (unpaired) electrons. The lowest BCUT2D eigenvalue weighted by Crippen LogP contribution is -2.24. The summed E-state index contributed by atoms with van der Waals surface area (Å²) in [5, 5.41) is 6.19. The van der Waals surface area contributed by atoms with Crippen LogP contribution < -0.4 is 5.32 Å². The fourth-order valence-electron chi connectivity index (χ4n) is 1.52. The second-order valence-electron chi connectivity index (χ2n) is 4.34. The van der Waals surface area contributed by atoms with E-state index >= 15 is 0 Å². The lowest BCUT2D eigenvalue weighted by molar-refractivity contribution is 0.0953. The van der Waals surface area contributed by atoms with Gasteiger partial charge in [0.25, 0.3) is 5.91 Å². The molecule has 5 nitrogen and oxygen atoms in total. The number of hydrogen-bond donors (Lipinski definition) is 1. The normalized spacial score (nSPS) is 9.94. The molecule has 0 saturated carbocycles. The van der Waals surface area contributed by atoms with Crippen LogP contribution in [0.5, 0.6) is 0 Å². The summed E-state index contributed by atoms with van der Waals surface area (Å²) in [6, 6.07) is 7.61. The van der Waals surface area contributed by atoms with Crippen LogP contribution in [0, 0.1) is 0 Å². The van der Waals surface area contributed by atoms with Gasteiger partial charge >= 0.3 is 0 Å². The minimum Gasteiger partial charge on any atom is -0.352 e. The number of carbonyl (C=O) groups excluding carboxylic acids is 1. The van der Waals surface area contributed by atoms with Crippen molar-refractivity contribution in [2.45, 2.75) is 26.2 Å². The molecule has 1 amide bonds. The Bertz CT molecular complexity index is 433. The highest BCUT2D eigenvalue weighted by Crippen LogP contribution is 2.14. The molecule has 0 aliphatic heterocycles. The van der Waals surface area contributed by atoms with Crippen LogP contribution in [-0.4, -0.2) is 19.0 Å². The van der Waals surface area contributed by atoms with Crippen molar-refractivity contribution in [1.82, 2.24) is 5.32 Å². The number of rotatable bonds is 6. The van der Waals surface area contributed by atoms with Crippen molar-refractivity contribution in [3.8, 4) is 0 Å². The second-order valence-corrected chi connectivity index (χ2v) is 4.34. The van der Waals surface area contributed by atoms with E-state index in [1.807, 2.05) is 24.3 Å². The second kappa shape index (κ2) is 7.35. The average Bonchev–Trinajstić information content (AvgIpc) is 2.38. The first-order chi connectivity index (χ1) is 8.65. The molecule has 0 unspecified atom stereocenters. The minimum absolute atomic E-state index is 0.0914. The first-order valence-corrected chi connectivity index (χ1v) is 6.04. The topological polar surface area (TPSA) is 77.9 Å². The van der Waals surface area contributed by atoms with Gasteiger partial charge in [0, 0.05) is 23.6 Å². The molecule has 1 N–H and O–H groups in total. The summed E-state index contributed by atoms with van der Waals surface area (Å²) in [4.78, 5) is 14.4. The van der Waals surface area contributed by atoms with Crippen molar-refractivity contribution in [2.24, 2.45) is 5.11 Å². The third-order valence-electron chi connectivity index (χ3n) is 2.62. The molecule has 0 spiro atoms. The van der Waals surface area contributed by atoms with Crippen LogP contribution in [0.15, 0.2) is 29.4 Å². The number of carbonyl (C=O) groups is 1. The highest BCUT2D eigenvalue weighted by Gasteiger charge is 2.05. The van der Waals surface area contributed by atoms with Gasteiger partial charge in [0.2, 0.25) is 0 Å². The smallest absolute Gasteiger partial charge is 0.251 e. The predicted molar refractivity (Wildman–Crippen MR) is 71.5 cm³/mol. The third kappa shape index (κ3) is 4.47. The van der Waals surface area contributed by atoms with E-state index < -0.39 is 0 Å². The van der Waals surface area contributed by atoms with Crippen LogP contribution in [0.4, 0.5) is 0 Å². The van der Waals surface area contributed by atoms with Gasteiger partial charge in [-0.05, 0) is 35.6 Å². The molecule has 0 aliphatic rings. The van der Waals surface area contributed by atoms with Gasteiger partial charge in [-0.15, -0.1) is 0 Å². The standard InChI is InChI=1S/C13H18N4O/c1-10(2)11-4-6-12(7-5-11)13(18)15-8-3-9-16-17-14/h4-7,10H,3,8-9H2,1-2H3,(H,15,18). The fraction of sp³-hybridized carbons (Fsp3) is 0.462. The molecule has 0 bridgehead atoms. The molecule has 96 valence electrons. The van der Waals surface area contributed by atoms with Crippen LogP contribution in [0.3, 0.4) is 0 Å². The number of azide groups is 1. The number of benzene rings is 1. The molecule has 0 saturated heterocycles. The maximum atomic E-state index is 11.7. The lowest BCUT2D eigenvalue weighted by Gasteiger charge is -2.07. The third-order valence-corrected chi connectivity index (χ3v) is 2.62. The van der Waals surface area contributed by atoms with E-state index in [-0.39, 0.29) is 5.91 Å². The Morgan fingerprint density at radius 3 is 2.61 bits per heavy atom. The molecule has 0 fully saturated rings. The van der Waals surface area contributed by atoms with Crippen molar-refractivity contribution in [3.05, 3.63) is 45.8 Å². The molecular weight excluding hydrogens is 228 g/mol. The van der Waals surface area contributed by atoms with E-state index in [1.165, 1.54) is 5.56 Å². The zero-order valence-corrected chi connectivity index (χ0v) is 10.8. The van der Waals surface area contributed by atoms with Gasteiger partial charge in [0.05, 0.1) is 0 Å². The highest BCUT2D eigenvalue weighted by molar-refractivity contribution is 5.94. The van der Waals surface area contributed by atoms with E-state index in [0.29, 0.717) is 31.0 Å². The molecule has 1 rings (SSSR count). The maximum Gasteiger partial charge on any atom is 0.251 e. The van der Waals surface area contributed by atoms with Gasteiger partial charge in [-0.1, -0.05) is 31.1 Å². The van der Waals surface area contributed by atoms with Crippen molar-refractivity contribution in [1.29, 1.82) is 0 Å². The molecule has 18 heavy (non-hydrogen) atoms. The SMILES string of the molecule is CC(C)c1ccc(C(=O)NCCCN=[N+]=[N-])cc1. The Morgan fingerprint density at radius 1 is 1.39 bits per heavy atom. The van der Waals surface area contributed by atoms with Crippen LogP contribution in [0.25, 0.3) is 10.4 Å². The molecule has 1 aromatic rings. The summed E-state index contributed by atoms with van der Waals surface area (Å²) in [5.74, 6) is 0.372. The molecule has 0 aromatic heterocycles. The van der Waals surface area contributed by atoms with Gasteiger partial charge in [0.1, 0.15) is 0 Å². The molecule has 0 heterocycles. The number of hydrogen-bond acceptors (Lipinski definition) is 2. The fourth-order valence-corrected chi connectivity index (χ4v) is 1.52. The first kappa shape index (κ1) is 14.1. The number of nitrogens with one attached hydrogen (secondary N) is 1. The highest BCUT2D eigenvalue weighted by atomic mass is 16.1. The van der Waals surface area contributed by atoms with Crippen molar-refractivity contribution in [3.63, 3.8) is 0 Å². The minimum atomic E-state index is -0.0914. The Balaban J connectivity index is 2.44. The Kier molecular flexibility index (Phi) is 5.74. The molecule has 0 atom stereocenters. The van der Waals surface area contributed by atoms with Gasteiger partial charge in [-0.25, -0.2) is 0 Å². The van der Waals surface area contributed by atoms with Crippen molar-refractivity contribution >= 4 is 5.91 Å². The van der Waals surface area contributed by atoms with Gasteiger partial charge in [-0.2, -0.15) is 0 Å². The van der Waals surface area contributed by atoms with E-state index in [2.05, 4.69) is 29.2 Å².